The molecular weight excluding hydrogens is 359 g/mol. The van der Waals surface area contributed by atoms with Gasteiger partial charge in [0, 0.05) is 16.0 Å². The lowest BCUT2D eigenvalue weighted by molar-refractivity contribution is 0.204. The quantitative estimate of drug-likeness (QED) is 0.479. The maximum absolute atomic E-state index is 13.0. The lowest BCUT2D eigenvalue weighted by Gasteiger charge is -2.13. The Bertz CT molecular complexity index is 1060. The van der Waals surface area contributed by atoms with Gasteiger partial charge in [-0.1, -0.05) is 24.3 Å². The summed E-state index contributed by atoms with van der Waals surface area (Å²) in [7, 11) is 0. The first-order chi connectivity index (χ1) is 13.1. The van der Waals surface area contributed by atoms with Gasteiger partial charge in [0.2, 0.25) is 0 Å². The number of rotatable bonds is 5. The number of para-hydroxylation sites is 1. The van der Waals surface area contributed by atoms with E-state index in [0.717, 1.165) is 32.6 Å². The second kappa shape index (κ2) is 7.55. The minimum Gasteiger partial charge on any atom is -0.388 e. The van der Waals surface area contributed by atoms with Crippen LogP contribution in [0.1, 0.15) is 17.2 Å². The first-order valence-electron chi connectivity index (χ1n) is 8.72. The predicted octanol–water partition coefficient (Wildman–Crippen LogP) is 5.30. The number of aromatic nitrogens is 2. The molecule has 1 aromatic heterocycles. The maximum atomic E-state index is 13.0. The van der Waals surface area contributed by atoms with Gasteiger partial charge in [0.1, 0.15) is 5.82 Å². The van der Waals surface area contributed by atoms with Crippen molar-refractivity contribution in [3.05, 3.63) is 89.9 Å². The molecule has 5 heteroatoms. The zero-order valence-electron chi connectivity index (χ0n) is 14.8. The molecule has 0 aliphatic rings. The Morgan fingerprint density at radius 1 is 1.07 bits per heavy atom. The molecule has 1 atom stereocenters. The van der Waals surface area contributed by atoms with E-state index in [0.29, 0.717) is 5.75 Å². The van der Waals surface area contributed by atoms with Gasteiger partial charge in [0.15, 0.2) is 0 Å². The molecule has 0 radical (unpaired) electrons. The molecule has 0 fully saturated rings. The van der Waals surface area contributed by atoms with Crippen LogP contribution in [0.3, 0.4) is 0 Å². The Morgan fingerprint density at radius 3 is 2.56 bits per heavy atom. The van der Waals surface area contributed by atoms with Crippen LogP contribution in [0.25, 0.3) is 16.6 Å². The van der Waals surface area contributed by atoms with Gasteiger partial charge in [0.25, 0.3) is 0 Å². The smallest absolute Gasteiger partial charge is 0.123 e. The highest BCUT2D eigenvalue weighted by atomic mass is 32.2. The second-order valence-corrected chi connectivity index (χ2v) is 7.54. The molecule has 0 aliphatic carbocycles. The summed E-state index contributed by atoms with van der Waals surface area (Å²) in [6.45, 7) is 2.03. The fourth-order valence-electron chi connectivity index (χ4n) is 3.16. The van der Waals surface area contributed by atoms with Crippen molar-refractivity contribution in [1.82, 2.24) is 9.78 Å². The van der Waals surface area contributed by atoms with Crippen molar-refractivity contribution in [3.8, 4) is 5.69 Å². The molecule has 136 valence electrons. The maximum Gasteiger partial charge on any atom is 0.123 e. The molecule has 0 aliphatic heterocycles. The average Bonchev–Trinajstić information content (AvgIpc) is 3.12. The van der Waals surface area contributed by atoms with Gasteiger partial charge in [-0.3, -0.25) is 0 Å². The molecule has 0 saturated heterocycles. The molecular formula is C22H19FN2OS. The SMILES string of the molecule is Cc1cc(C(O)CSc2ccc(F)cc2)cc2cnn(-c3ccccc3)c12. The van der Waals surface area contributed by atoms with Gasteiger partial charge in [0.05, 0.1) is 23.5 Å². The number of aliphatic hydroxyl groups is 1. The number of halogens is 1. The summed E-state index contributed by atoms with van der Waals surface area (Å²) in [5, 5.41) is 16.1. The number of benzene rings is 3. The summed E-state index contributed by atoms with van der Waals surface area (Å²) >= 11 is 1.51. The number of aliphatic hydroxyl groups excluding tert-OH is 1. The molecule has 1 heterocycles. The van der Waals surface area contributed by atoms with E-state index >= 15 is 0 Å². The van der Waals surface area contributed by atoms with Crippen molar-refractivity contribution < 1.29 is 9.50 Å². The van der Waals surface area contributed by atoms with Crippen LogP contribution in [0.5, 0.6) is 0 Å². The third-order valence-corrected chi connectivity index (χ3v) is 5.57. The molecule has 4 aromatic rings. The van der Waals surface area contributed by atoms with Gasteiger partial charge in [-0.2, -0.15) is 5.10 Å². The zero-order valence-corrected chi connectivity index (χ0v) is 15.7. The van der Waals surface area contributed by atoms with Crippen LogP contribution >= 0.6 is 11.8 Å². The highest BCUT2D eigenvalue weighted by Crippen LogP contribution is 2.29. The van der Waals surface area contributed by atoms with Gasteiger partial charge in [-0.25, -0.2) is 9.07 Å². The average molecular weight is 378 g/mol. The molecule has 27 heavy (non-hydrogen) atoms. The van der Waals surface area contributed by atoms with Crippen LogP contribution in [0, 0.1) is 12.7 Å². The standard InChI is InChI=1S/C22H19FN2OS/c1-15-11-16(21(26)14-27-20-9-7-18(23)8-10-20)12-17-13-24-25(22(15)17)19-5-3-2-4-6-19/h2-13,21,26H,14H2,1H3. The van der Waals surface area contributed by atoms with E-state index in [-0.39, 0.29) is 5.82 Å². The second-order valence-electron chi connectivity index (χ2n) is 6.45. The number of aryl methyl sites for hydroxylation is 1. The highest BCUT2D eigenvalue weighted by molar-refractivity contribution is 7.99. The van der Waals surface area contributed by atoms with Gasteiger partial charge in [-0.05, 0) is 60.5 Å². The molecule has 0 spiro atoms. The number of hydrogen-bond donors (Lipinski definition) is 1. The number of nitrogens with zero attached hydrogens (tertiary/aromatic N) is 2. The third kappa shape index (κ3) is 3.75. The van der Waals surface area contributed by atoms with Crippen molar-refractivity contribution in [2.75, 3.05) is 5.75 Å². The van der Waals surface area contributed by atoms with Crippen molar-refractivity contribution in [2.24, 2.45) is 0 Å². The summed E-state index contributed by atoms with van der Waals surface area (Å²) in [5.41, 5.74) is 3.98. The largest absolute Gasteiger partial charge is 0.388 e. The van der Waals surface area contributed by atoms with E-state index in [1.807, 2.05) is 60.3 Å². The van der Waals surface area contributed by atoms with E-state index in [2.05, 4.69) is 5.10 Å². The Hall–Kier alpha value is -2.63. The first-order valence-corrected chi connectivity index (χ1v) is 9.70. The monoisotopic (exact) mass is 378 g/mol. The van der Waals surface area contributed by atoms with Crippen LogP contribution in [-0.4, -0.2) is 20.6 Å². The summed E-state index contributed by atoms with van der Waals surface area (Å²) < 4.78 is 14.9. The summed E-state index contributed by atoms with van der Waals surface area (Å²) in [5.74, 6) is 0.250. The predicted molar refractivity (Wildman–Crippen MR) is 108 cm³/mol. The summed E-state index contributed by atoms with van der Waals surface area (Å²) in [6, 6.07) is 20.3. The molecule has 0 bridgehead atoms. The van der Waals surface area contributed by atoms with E-state index in [4.69, 9.17) is 0 Å². The third-order valence-electron chi connectivity index (χ3n) is 4.48. The van der Waals surface area contributed by atoms with Crippen molar-refractivity contribution >= 4 is 22.7 Å². The Morgan fingerprint density at radius 2 is 1.81 bits per heavy atom. The number of thioether (sulfide) groups is 1. The normalized spacial score (nSPS) is 12.4. The molecule has 1 unspecified atom stereocenters. The Kier molecular flexibility index (Phi) is 4.97. The highest BCUT2D eigenvalue weighted by Gasteiger charge is 2.14. The summed E-state index contributed by atoms with van der Waals surface area (Å²) in [4.78, 5) is 0.935. The van der Waals surface area contributed by atoms with Crippen molar-refractivity contribution in [2.45, 2.75) is 17.9 Å². The fourth-order valence-corrected chi connectivity index (χ4v) is 4.03. The van der Waals surface area contributed by atoms with E-state index in [1.54, 1.807) is 12.1 Å². The van der Waals surface area contributed by atoms with Gasteiger partial charge >= 0.3 is 0 Å². The number of fused-ring (bicyclic) bond motifs is 1. The topological polar surface area (TPSA) is 38.1 Å². The first kappa shape index (κ1) is 17.8. The number of hydrogen-bond acceptors (Lipinski definition) is 3. The molecule has 3 aromatic carbocycles. The van der Waals surface area contributed by atoms with E-state index < -0.39 is 6.10 Å². The van der Waals surface area contributed by atoms with Gasteiger partial charge < -0.3 is 5.11 Å². The van der Waals surface area contributed by atoms with Gasteiger partial charge in [-0.15, -0.1) is 11.8 Å². The lowest BCUT2D eigenvalue weighted by Crippen LogP contribution is -2.02. The van der Waals surface area contributed by atoms with Crippen molar-refractivity contribution in [1.29, 1.82) is 0 Å². The molecule has 0 saturated carbocycles. The summed E-state index contributed by atoms with van der Waals surface area (Å²) in [6.07, 6.45) is 1.22. The van der Waals surface area contributed by atoms with Crippen molar-refractivity contribution in [3.63, 3.8) is 0 Å². The van der Waals surface area contributed by atoms with Crippen LogP contribution in [-0.2, 0) is 0 Å². The minimum atomic E-state index is -0.608. The van der Waals surface area contributed by atoms with E-state index in [9.17, 15) is 9.50 Å². The van der Waals surface area contributed by atoms with Crippen LogP contribution < -0.4 is 0 Å². The molecule has 1 N–H and O–H groups in total. The van der Waals surface area contributed by atoms with E-state index in [1.165, 1.54) is 23.9 Å². The minimum absolute atomic E-state index is 0.253. The Balaban J connectivity index is 1.58. The Labute approximate surface area is 161 Å². The van der Waals surface area contributed by atoms with Crippen LogP contribution in [0.4, 0.5) is 4.39 Å². The van der Waals surface area contributed by atoms with Crippen LogP contribution in [0.15, 0.2) is 77.8 Å². The lowest BCUT2D eigenvalue weighted by atomic mass is 10.0. The van der Waals surface area contributed by atoms with Crippen LogP contribution in [0.2, 0.25) is 0 Å². The fraction of sp³-hybridized carbons (Fsp3) is 0.136. The molecule has 0 amide bonds. The molecule has 4 rings (SSSR count). The zero-order chi connectivity index (χ0) is 18.8. The molecule has 3 nitrogen and oxygen atoms in total.